The Morgan fingerprint density at radius 1 is 1.00 bits per heavy atom. The average Bonchev–Trinajstić information content (AvgIpc) is 2.92. The van der Waals surface area contributed by atoms with Crippen LogP contribution < -0.4 is 9.04 Å². The number of likely N-dealkylation sites (N-methyl/N-ethyl adjacent to an activating group) is 1. The summed E-state index contributed by atoms with van der Waals surface area (Å²) in [5.74, 6) is 0.442. The quantitative estimate of drug-likeness (QED) is 0.643. The van der Waals surface area contributed by atoms with E-state index in [1.807, 2.05) is 42.5 Å². The monoisotopic (exact) mass is 396 g/mol. The highest BCUT2D eigenvalue weighted by atomic mass is 32.2. The van der Waals surface area contributed by atoms with Crippen LogP contribution in [-0.2, 0) is 14.8 Å². The molecule has 1 aliphatic heterocycles. The zero-order valence-electron chi connectivity index (χ0n) is 15.4. The fourth-order valence-electron chi connectivity index (χ4n) is 3.31. The van der Waals surface area contributed by atoms with Crippen molar-refractivity contribution in [2.24, 2.45) is 0 Å². The Balaban J connectivity index is 1.47. The molecule has 1 heterocycles. The standard InChI is InChI=1S/C21H20N2O4S/c1-22(13-14-27-17-9-3-2-4-10-17)20(24)15-23-18-11-5-7-16-8-6-12-19(21(16)18)28(23,25)26/h2-12H,13-15H2,1H3. The molecule has 0 saturated carbocycles. The maximum absolute atomic E-state index is 13.0. The summed E-state index contributed by atoms with van der Waals surface area (Å²) < 4.78 is 32.7. The first-order valence-corrected chi connectivity index (χ1v) is 10.4. The van der Waals surface area contributed by atoms with Crippen LogP contribution in [0.25, 0.3) is 10.8 Å². The number of amides is 1. The molecule has 144 valence electrons. The molecule has 1 amide bonds. The first kappa shape index (κ1) is 18.3. The molecule has 0 spiro atoms. The molecule has 28 heavy (non-hydrogen) atoms. The van der Waals surface area contributed by atoms with E-state index < -0.39 is 10.0 Å². The summed E-state index contributed by atoms with van der Waals surface area (Å²) in [5, 5.41) is 1.52. The zero-order valence-corrected chi connectivity index (χ0v) is 16.2. The normalized spacial score (nSPS) is 14.2. The van der Waals surface area contributed by atoms with Crippen molar-refractivity contribution in [1.29, 1.82) is 0 Å². The van der Waals surface area contributed by atoms with E-state index in [1.165, 1.54) is 9.21 Å². The lowest BCUT2D eigenvalue weighted by molar-refractivity contribution is -0.128. The molecule has 0 saturated heterocycles. The fraction of sp³-hybridized carbons (Fsp3) is 0.190. The van der Waals surface area contributed by atoms with Crippen LogP contribution in [0.1, 0.15) is 0 Å². The number of nitrogens with zero attached hydrogens (tertiary/aromatic N) is 2. The predicted molar refractivity (Wildman–Crippen MR) is 108 cm³/mol. The topological polar surface area (TPSA) is 66.9 Å². The number of hydrogen-bond donors (Lipinski definition) is 0. The third-order valence-electron chi connectivity index (χ3n) is 4.82. The summed E-state index contributed by atoms with van der Waals surface area (Å²) in [6, 6.07) is 19.9. The van der Waals surface area contributed by atoms with Crippen molar-refractivity contribution >= 4 is 32.4 Å². The lowest BCUT2D eigenvalue weighted by Crippen LogP contribution is -2.41. The van der Waals surface area contributed by atoms with Gasteiger partial charge in [-0.2, -0.15) is 0 Å². The van der Waals surface area contributed by atoms with Crippen molar-refractivity contribution in [1.82, 2.24) is 4.90 Å². The third kappa shape index (κ3) is 3.18. The first-order chi connectivity index (χ1) is 13.5. The Bertz CT molecular complexity index is 1120. The van der Waals surface area contributed by atoms with Crippen LogP contribution in [0.4, 0.5) is 5.69 Å². The molecule has 4 rings (SSSR count). The Morgan fingerprint density at radius 3 is 2.46 bits per heavy atom. The van der Waals surface area contributed by atoms with Crippen molar-refractivity contribution in [2.75, 3.05) is 31.0 Å². The van der Waals surface area contributed by atoms with Crippen LogP contribution >= 0.6 is 0 Å². The summed E-state index contributed by atoms with van der Waals surface area (Å²) in [7, 11) is -2.09. The highest BCUT2D eigenvalue weighted by molar-refractivity contribution is 7.93. The molecular weight excluding hydrogens is 376 g/mol. The van der Waals surface area contributed by atoms with E-state index in [4.69, 9.17) is 4.74 Å². The smallest absolute Gasteiger partial charge is 0.265 e. The first-order valence-electron chi connectivity index (χ1n) is 8.95. The third-order valence-corrected chi connectivity index (χ3v) is 6.63. The van der Waals surface area contributed by atoms with E-state index in [9.17, 15) is 13.2 Å². The van der Waals surface area contributed by atoms with Crippen molar-refractivity contribution in [3.05, 3.63) is 66.7 Å². The molecule has 1 aliphatic rings. The van der Waals surface area contributed by atoms with Crippen LogP contribution in [0, 0.1) is 0 Å². The van der Waals surface area contributed by atoms with Crippen LogP contribution in [0.5, 0.6) is 5.75 Å². The highest BCUT2D eigenvalue weighted by Crippen LogP contribution is 2.41. The van der Waals surface area contributed by atoms with Crippen molar-refractivity contribution < 1.29 is 17.9 Å². The molecule has 0 aromatic heterocycles. The lowest BCUT2D eigenvalue weighted by atomic mass is 10.1. The predicted octanol–water partition coefficient (Wildman–Crippen LogP) is 2.89. The van der Waals surface area contributed by atoms with E-state index >= 15 is 0 Å². The van der Waals surface area contributed by atoms with Gasteiger partial charge in [-0.05, 0) is 29.7 Å². The molecular formula is C21H20N2O4S. The van der Waals surface area contributed by atoms with Crippen molar-refractivity contribution in [3.63, 3.8) is 0 Å². The molecule has 0 radical (unpaired) electrons. The number of carbonyl (C=O) groups excluding carboxylic acids is 1. The molecule has 0 N–H and O–H groups in total. The van der Waals surface area contributed by atoms with Gasteiger partial charge in [0.1, 0.15) is 18.9 Å². The molecule has 3 aromatic carbocycles. The Labute approximate surface area is 164 Å². The summed E-state index contributed by atoms with van der Waals surface area (Å²) in [4.78, 5) is 14.4. The van der Waals surface area contributed by atoms with Crippen LogP contribution in [-0.4, -0.2) is 46.0 Å². The van der Waals surface area contributed by atoms with E-state index in [2.05, 4.69) is 0 Å². The molecule has 0 atom stereocenters. The van der Waals surface area contributed by atoms with Crippen LogP contribution in [0.3, 0.4) is 0 Å². The van der Waals surface area contributed by atoms with Crippen LogP contribution in [0.2, 0.25) is 0 Å². The number of carbonyl (C=O) groups is 1. The van der Waals surface area contributed by atoms with Gasteiger partial charge in [-0.25, -0.2) is 8.42 Å². The number of benzene rings is 3. The minimum Gasteiger partial charge on any atom is -0.492 e. The van der Waals surface area contributed by atoms with Crippen LogP contribution in [0.15, 0.2) is 71.6 Å². The van der Waals surface area contributed by atoms with Gasteiger partial charge in [-0.3, -0.25) is 9.10 Å². The highest BCUT2D eigenvalue weighted by Gasteiger charge is 2.37. The van der Waals surface area contributed by atoms with E-state index in [-0.39, 0.29) is 17.3 Å². The molecule has 0 aliphatic carbocycles. The molecule has 0 unspecified atom stereocenters. The van der Waals surface area contributed by atoms with Gasteiger partial charge < -0.3 is 9.64 Å². The fourth-order valence-corrected chi connectivity index (χ4v) is 4.97. The maximum atomic E-state index is 13.0. The second-order valence-corrected chi connectivity index (χ2v) is 8.45. The molecule has 6 nitrogen and oxygen atoms in total. The summed E-state index contributed by atoms with van der Waals surface area (Å²) in [6.07, 6.45) is 0. The van der Waals surface area contributed by atoms with Gasteiger partial charge in [-0.15, -0.1) is 0 Å². The van der Waals surface area contributed by atoms with E-state index in [1.54, 1.807) is 31.3 Å². The van der Waals surface area contributed by atoms with Gasteiger partial charge in [0.2, 0.25) is 5.91 Å². The van der Waals surface area contributed by atoms with Gasteiger partial charge in [0.25, 0.3) is 10.0 Å². The molecule has 0 fully saturated rings. The number of anilines is 1. The van der Waals surface area contributed by atoms with Gasteiger partial charge >= 0.3 is 0 Å². The van der Waals surface area contributed by atoms with Gasteiger partial charge in [0, 0.05) is 12.4 Å². The van der Waals surface area contributed by atoms with Gasteiger partial charge in [-0.1, -0.05) is 42.5 Å². The second kappa shape index (κ2) is 7.16. The lowest BCUT2D eigenvalue weighted by Gasteiger charge is -2.23. The number of para-hydroxylation sites is 1. The number of rotatable bonds is 6. The zero-order chi connectivity index (χ0) is 19.7. The molecule has 3 aromatic rings. The second-order valence-electron chi connectivity index (χ2n) is 6.62. The SMILES string of the molecule is CN(CCOc1ccccc1)C(=O)CN1c2cccc3cccc(c23)S1(=O)=O. The number of hydrogen-bond acceptors (Lipinski definition) is 4. The number of sulfonamides is 1. The summed E-state index contributed by atoms with van der Waals surface area (Å²) in [6.45, 7) is 0.450. The Kier molecular flexibility index (Phi) is 4.68. The minimum atomic E-state index is -3.74. The minimum absolute atomic E-state index is 0.238. The van der Waals surface area contributed by atoms with Gasteiger partial charge in [0.05, 0.1) is 17.1 Å². The number of ether oxygens (including phenoxy) is 1. The molecule has 0 bridgehead atoms. The maximum Gasteiger partial charge on any atom is 0.265 e. The van der Waals surface area contributed by atoms with Crippen molar-refractivity contribution in [2.45, 2.75) is 4.90 Å². The van der Waals surface area contributed by atoms with E-state index in [0.29, 0.717) is 24.2 Å². The Morgan fingerprint density at radius 2 is 1.71 bits per heavy atom. The van der Waals surface area contributed by atoms with Crippen molar-refractivity contribution in [3.8, 4) is 5.75 Å². The largest absolute Gasteiger partial charge is 0.492 e. The average molecular weight is 396 g/mol. The Hall–Kier alpha value is -3.06. The van der Waals surface area contributed by atoms with Gasteiger partial charge in [0.15, 0.2) is 0 Å². The summed E-state index contributed by atoms with van der Waals surface area (Å²) in [5.41, 5.74) is 0.551. The molecule has 7 heteroatoms. The summed E-state index contributed by atoms with van der Waals surface area (Å²) >= 11 is 0. The van der Waals surface area contributed by atoms with E-state index in [0.717, 1.165) is 11.1 Å².